The number of amides is 1. The van der Waals surface area contributed by atoms with Crippen molar-refractivity contribution < 1.29 is 4.79 Å². The first kappa shape index (κ1) is 23.1. The van der Waals surface area contributed by atoms with Crippen LogP contribution in [0.4, 0.5) is 5.13 Å². The van der Waals surface area contributed by atoms with Gasteiger partial charge in [0.05, 0.1) is 10.2 Å². The molecule has 0 radical (unpaired) electrons. The Morgan fingerprint density at radius 1 is 0.848 bits per heavy atom. The Morgan fingerprint density at radius 2 is 1.55 bits per heavy atom. The van der Waals surface area contributed by atoms with Gasteiger partial charge >= 0.3 is 0 Å². The molecule has 0 unspecified atom stereocenters. The van der Waals surface area contributed by atoms with Crippen LogP contribution >= 0.6 is 11.3 Å². The zero-order valence-electron chi connectivity index (χ0n) is 19.6. The Kier molecular flexibility index (Phi) is 7.53. The first-order chi connectivity index (χ1) is 16.1. The van der Waals surface area contributed by atoms with Gasteiger partial charge in [-0.05, 0) is 61.3 Å². The summed E-state index contributed by atoms with van der Waals surface area (Å²) in [6.45, 7) is 9.74. The zero-order chi connectivity index (χ0) is 23.2. The van der Waals surface area contributed by atoms with Gasteiger partial charge in [0, 0.05) is 18.7 Å². The van der Waals surface area contributed by atoms with Crippen molar-refractivity contribution in [1.82, 2.24) is 9.88 Å². The number of likely N-dealkylation sites (N-methyl/N-ethyl adjacent to an activating group) is 1. The number of thiazole rings is 1. The number of aromatic nitrogens is 1. The van der Waals surface area contributed by atoms with Crippen LogP contribution in [0.3, 0.4) is 0 Å². The number of hydrogen-bond donors (Lipinski definition) is 0. The number of nitrogens with zero attached hydrogens (tertiary/aromatic N) is 3. The molecule has 4 nitrogen and oxygen atoms in total. The quantitative estimate of drug-likeness (QED) is 0.301. The lowest BCUT2D eigenvalue weighted by Gasteiger charge is -2.24. The molecule has 0 bridgehead atoms. The second kappa shape index (κ2) is 10.7. The van der Waals surface area contributed by atoms with Crippen molar-refractivity contribution in [3.63, 3.8) is 0 Å². The molecule has 1 amide bonds. The first-order valence-electron chi connectivity index (χ1n) is 11.6. The number of rotatable bonds is 9. The zero-order valence-corrected chi connectivity index (χ0v) is 20.4. The Balaban J connectivity index is 1.60. The van der Waals surface area contributed by atoms with Crippen LogP contribution in [0.5, 0.6) is 0 Å². The third kappa shape index (κ3) is 5.49. The van der Waals surface area contributed by atoms with Gasteiger partial charge < -0.3 is 4.90 Å². The van der Waals surface area contributed by atoms with E-state index < -0.39 is 0 Å². The molecule has 0 fully saturated rings. The molecule has 1 aromatic heterocycles. The average Bonchev–Trinajstić information content (AvgIpc) is 3.28. The average molecular weight is 458 g/mol. The van der Waals surface area contributed by atoms with Crippen molar-refractivity contribution in [2.45, 2.75) is 27.2 Å². The summed E-state index contributed by atoms with van der Waals surface area (Å²) in [4.78, 5) is 22.7. The van der Waals surface area contributed by atoms with Crippen LogP contribution in [-0.4, -0.2) is 42.0 Å². The van der Waals surface area contributed by atoms with E-state index in [0.717, 1.165) is 47.0 Å². The fourth-order valence-electron chi connectivity index (χ4n) is 4.01. The number of carbonyl (C=O) groups excluding carboxylic acids is 1. The predicted molar refractivity (Wildman–Crippen MR) is 140 cm³/mol. The number of carbonyl (C=O) groups is 1. The second-order valence-electron chi connectivity index (χ2n) is 8.26. The summed E-state index contributed by atoms with van der Waals surface area (Å²) in [6, 6.07) is 24.6. The maximum atomic E-state index is 13.6. The number of anilines is 1. The molecule has 0 saturated carbocycles. The monoisotopic (exact) mass is 457 g/mol. The van der Waals surface area contributed by atoms with E-state index in [1.165, 1.54) is 11.1 Å². The molecule has 5 heteroatoms. The highest BCUT2D eigenvalue weighted by atomic mass is 32.1. The van der Waals surface area contributed by atoms with Crippen molar-refractivity contribution >= 4 is 32.6 Å². The van der Waals surface area contributed by atoms with Crippen LogP contribution in [0.25, 0.3) is 10.2 Å². The van der Waals surface area contributed by atoms with Crippen LogP contribution < -0.4 is 4.90 Å². The molecule has 0 spiro atoms. The molecule has 0 atom stereocenters. The van der Waals surface area contributed by atoms with E-state index in [1.807, 2.05) is 29.2 Å². The minimum Gasteiger partial charge on any atom is -0.302 e. The van der Waals surface area contributed by atoms with Crippen LogP contribution in [-0.2, 0) is 6.42 Å². The maximum Gasteiger partial charge on any atom is 0.260 e. The molecule has 1 heterocycles. The van der Waals surface area contributed by atoms with Crippen LogP contribution in [0.15, 0.2) is 72.8 Å². The second-order valence-corrected chi connectivity index (χ2v) is 9.27. The van der Waals surface area contributed by atoms with Crippen molar-refractivity contribution in [3.8, 4) is 0 Å². The largest absolute Gasteiger partial charge is 0.302 e. The minimum atomic E-state index is 0.00475. The highest BCUT2D eigenvalue weighted by molar-refractivity contribution is 7.22. The van der Waals surface area contributed by atoms with Gasteiger partial charge in [-0.1, -0.05) is 79.8 Å². The lowest BCUT2D eigenvalue weighted by atomic mass is 10.0. The SMILES string of the molecule is CCN(CC)CCN(C(=O)c1ccc(Cc2ccccc2)cc1)c1nc2c(C)cccc2s1. The van der Waals surface area contributed by atoms with Crippen LogP contribution in [0.2, 0.25) is 0 Å². The number of para-hydroxylation sites is 1. The molecular weight excluding hydrogens is 426 g/mol. The van der Waals surface area contributed by atoms with E-state index in [1.54, 1.807) is 11.3 Å². The summed E-state index contributed by atoms with van der Waals surface area (Å²) in [5.74, 6) is 0.00475. The van der Waals surface area contributed by atoms with Crippen molar-refractivity contribution in [2.75, 3.05) is 31.1 Å². The van der Waals surface area contributed by atoms with E-state index in [-0.39, 0.29) is 5.91 Å². The number of benzene rings is 3. The van der Waals surface area contributed by atoms with Gasteiger partial charge in [0.2, 0.25) is 0 Å². The number of aryl methyl sites for hydroxylation is 1. The normalized spacial score (nSPS) is 11.3. The molecule has 4 rings (SSSR count). The summed E-state index contributed by atoms with van der Waals surface area (Å²) in [6.07, 6.45) is 0.859. The van der Waals surface area contributed by atoms with Gasteiger partial charge in [0.15, 0.2) is 5.13 Å². The molecule has 33 heavy (non-hydrogen) atoms. The van der Waals surface area contributed by atoms with Crippen molar-refractivity contribution in [1.29, 1.82) is 0 Å². The first-order valence-corrected chi connectivity index (χ1v) is 12.4. The van der Waals surface area contributed by atoms with E-state index in [0.29, 0.717) is 12.1 Å². The van der Waals surface area contributed by atoms with E-state index in [9.17, 15) is 4.79 Å². The molecule has 0 aliphatic carbocycles. The molecule has 3 aromatic carbocycles. The van der Waals surface area contributed by atoms with Gasteiger partial charge in [-0.3, -0.25) is 9.69 Å². The molecule has 0 aliphatic rings. The fraction of sp³-hybridized carbons (Fsp3) is 0.286. The summed E-state index contributed by atoms with van der Waals surface area (Å²) >= 11 is 1.59. The molecule has 0 saturated heterocycles. The third-order valence-electron chi connectivity index (χ3n) is 6.07. The number of fused-ring (bicyclic) bond motifs is 1. The molecule has 0 N–H and O–H groups in total. The number of hydrogen-bond acceptors (Lipinski definition) is 4. The van der Waals surface area contributed by atoms with Crippen molar-refractivity contribution in [2.24, 2.45) is 0 Å². The van der Waals surface area contributed by atoms with E-state index in [4.69, 9.17) is 4.98 Å². The Labute approximate surface area is 200 Å². The Morgan fingerprint density at radius 3 is 2.21 bits per heavy atom. The van der Waals surface area contributed by atoms with Gasteiger partial charge in [-0.2, -0.15) is 0 Å². The highest BCUT2D eigenvalue weighted by Crippen LogP contribution is 2.31. The standard InChI is InChI=1S/C28H31N3OS/c1-4-30(5-2)18-19-31(28-29-26-21(3)10-9-13-25(26)33-28)27(32)24-16-14-23(15-17-24)20-22-11-7-6-8-12-22/h6-17H,4-5,18-20H2,1-3H3. The van der Waals surface area contributed by atoms with Crippen LogP contribution in [0, 0.1) is 6.92 Å². The van der Waals surface area contributed by atoms with E-state index >= 15 is 0 Å². The minimum absolute atomic E-state index is 0.00475. The molecule has 4 aromatic rings. The molecular formula is C28H31N3OS. The van der Waals surface area contributed by atoms with Gasteiger partial charge in [0.25, 0.3) is 5.91 Å². The Hall–Kier alpha value is -3.02. The summed E-state index contributed by atoms with van der Waals surface area (Å²) < 4.78 is 1.11. The van der Waals surface area contributed by atoms with Gasteiger partial charge in [-0.25, -0.2) is 4.98 Å². The lowest BCUT2D eigenvalue weighted by molar-refractivity contribution is 0.0984. The summed E-state index contributed by atoms with van der Waals surface area (Å²) in [7, 11) is 0. The van der Waals surface area contributed by atoms with E-state index in [2.05, 4.69) is 74.2 Å². The topological polar surface area (TPSA) is 36.4 Å². The van der Waals surface area contributed by atoms with Crippen LogP contribution in [0.1, 0.15) is 40.9 Å². The smallest absolute Gasteiger partial charge is 0.260 e. The van der Waals surface area contributed by atoms with Crippen molar-refractivity contribution in [3.05, 3.63) is 95.1 Å². The summed E-state index contributed by atoms with van der Waals surface area (Å²) in [5.41, 5.74) is 5.28. The fourth-order valence-corrected chi connectivity index (χ4v) is 5.08. The van der Waals surface area contributed by atoms with Gasteiger partial charge in [-0.15, -0.1) is 0 Å². The third-order valence-corrected chi connectivity index (χ3v) is 7.12. The summed E-state index contributed by atoms with van der Waals surface area (Å²) in [5, 5.41) is 0.768. The highest BCUT2D eigenvalue weighted by Gasteiger charge is 2.22. The molecule has 0 aliphatic heterocycles. The molecule has 170 valence electrons. The predicted octanol–water partition coefficient (Wildman–Crippen LogP) is 6.18. The lowest BCUT2D eigenvalue weighted by Crippen LogP contribution is -2.38. The maximum absolute atomic E-state index is 13.6. The van der Waals surface area contributed by atoms with Gasteiger partial charge in [0.1, 0.15) is 0 Å². The Bertz CT molecular complexity index is 1200.